The van der Waals surface area contributed by atoms with Crippen molar-refractivity contribution in [3.63, 3.8) is 0 Å². The lowest BCUT2D eigenvalue weighted by molar-refractivity contribution is -0.157. The molecule has 2 aromatic rings. The summed E-state index contributed by atoms with van der Waals surface area (Å²) in [6, 6.07) is 7.71. The number of carbonyl (C=O) groups excluding carboxylic acids is 1. The van der Waals surface area contributed by atoms with Crippen molar-refractivity contribution in [2.75, 3.05) is 13.7 Å². The molecule has 136 valence electrons. The van der Waals surface area contributed by atoms with Crippen LogP contribution in [0.3, 0.4) is 0 Å². The van der Waals surface area contributed by atoms with Gasteiger partial charge in [0.2, 0.25) is 0 Å². The number of aromatic nitrogens is 1. The molecule has 0 aliphatic rings. The Kier molecular flexibility index (Phi) is 7.40. The van der Waals surface area contributed by atoms with Crippen LogP contribution in [-0.4, -0.2) is 30.8 Å². The summed E-state index contributed by atoms with van der Waals surface area (Å²) in [4.78, 5) is 16.5. The van der Waals surface area contributed by atoms with Gasteiger partial charge in [0.15, 0.2) is 6.10 Å². The molecule has 0 amide bonds. The topological polar surface area (TPSA) is 57.7 Å². The number of hydrogen-bond donors (Lipinski definition) is 0. The van der Waals surface area contributed by atoms with Crippen LogP contribution in [0.1, 0.15) is 32.9 Å². The Morgan fingerprint density at radius 1 is 1.24 bits per heavy atom. The quantitative estimate of drug-likeness (QED) is 0.621. The second kappa shape index (κ2) is 9.53. The predicted octanol–water partition coefficient (Wildman–Crippen LogP) is 4.31. The first kappa shape index (κ1) is 19.4. The Labute approximate surface area is 153 Å². The highest BCUT2D eigenvalue weighted by Crippen LogP contribution is 2.31. The molecule has 0 spiro atoms. The third-order valence-corrected chi connectivity index (χ3v) is 4.57. The fourth-order valence-electron chi connectivity index (χ4n) is 2.13. The standard InChI is InChI=1S/C19H25NO4S/c1-13(2)9-10-23-14(3)19(21)24-11-15-12-25-18(20-15)16-7-5-6-8-17(16)22-4/h5-8,12-14H,9-11H2,1-4H3. The number of ether oxygens (including phenoxy) is 3. The van der Waals surface area contributed by atoms with Gasteiger partial charge in [-0.1, -0.05) is 26.0 Å². The van der Waals surface area contributed by atoms with E-state index in [0.717, 1.165) is 22.7 Å². The Bertz CT molecular complexity index is 684. The summed E-state index contributed by atoms with van der Waals surface area (Å²) in [5.74, 6) is 0.954. The highest BCUT2D eigenvalue weighted by Gasteiger charge is 2.16. The second-order valence-electron chi connectivity index (χ2n) is 6.15. The lowest BCUT2D eigenvalue weighted by atomic mass is 10.1. The van der Waals surface area contributed by atoms with Crippen LogP contribution >= 0.6 is 11.3 Å². The van der Waals surface area contributed by atoms with Crippen LogP contribution in [0.4, 0.5) is 0 Å². The third-order valence-electron chi connectivity index (χ3n) is 3.65. The van der Waals surface area contributed by atoms with Crippen LogP contribution in [0.15, 0.2) is 29.6 Å². The van der Waals surface area contributed by atoms with Crippen molar-refractivity contribution in [2.24, 2.45) is 5.92 Å². The van der Waals surface area contributed by atoms with E-state index in [9.17, 15) is 4.79 Å². The lowest BCUT2D eigenvalue weighted by Crippen LogP contribution is -2.24. The van der Waals surface area contributed by atoms with Gasteiger partial charge in [-0.3, -0.25) is 0 Å². The zero-order valence-electron chi connectivity index (χ0n) is 15.2. The Balaban J connectivity index is 1.88. The minimum absolute atomic E-state index is 0.141. The number of carbonyl (C=O) groups is 1. The summed E-state index contributed by atoms with van der Waals surface area (Å²) in [7, 11) is 1.63. The molecule has 1 atom stereocenters. The van der Waals surface area contributed by atoms with E-state index in [1.54, 1.807) is 14.0 Å². The summed E-state index contributed by atoms with van der Waals surface area (Å²) in [5.41, 5.74) is 1.64. The molecular formula is C19H25NO4S. The first-order valence-corrected chi connectivity index (χ1v) is 9.25. The predicted molar refractivity (Wildman–Crippen MR) is 98.8 cm³/mol. The maximum atomic E-state index is 12.0. The Hall–Kier alpha value is -1.92. The minimum Gasteiger partial charge on any atom is -0.496 e. The van der Waals surface area contributed by atoms with Crippen molar-refractivity contribution >= 4 is 17.3 Å². The summed E-state index contributed by atoms with van der Waals surface area (Å²) < 4.78 is 16.2. The maximum absolute atomic E-state index is 12.0. The minimum atomic E-state index is -0.564. The Morgan fingerprint density at radius 3 is 2.72 bits per heavy atom. The van der Waals surface area contributed by atoms with Crippen molar-refractivity contribution in [3.8, 4) is 16.3 Å². The van der Waals surface area contributed by atoms with Gasteiger partial charge in [0.05, 0.1) is 18.4 Å². The number of esters is 1. The second-order valence-corrected chi connectivity index (χ2v) is 7.01. The molecule has 5 nitrogen and oxygen atoms in total. The van der Waals surface area contributed by atoms with Crippen LogP contribution in [-0.2, 0) is 20.9 Å². The molecule has 1 unspecified atom stereocenters. The summed E-state index contributed by atoms with van der Waals surface area (Å²) in [6.45, 7) is 6.65. The maximum Gasteiger partial charge on any atom is 0.335 e. The molecule has 0 bridgehead atoms. The SMILES string of the molecule is COc1ccccc1-c1nc(COC(=O)C(C)OCCC(C)C)cs1. The van der Waals surface area contributed by atoms with Gasteiger partial charge in [0.1, 0.15) is 17.4 Å². The molecule has 1 aromatic heterocycles. The van der Waals surface area contributed by atoms with E-state index in [1.807, 2.05) is 29.6 Å². The lowest BCUT2D eigenvalue weighted by Gasteiger charge is -2.13. The molecule has 0 N–H and O–H groups in total. The molecule has 2 rings (SSSR count). The van der Waals surface area contributed by atoms with Gasteiger partial charge in [-0.15, -0.1) is 11.3 Å². The number of thiazole rings is 1. The van der Waals surface area contributed by atoms with Crippen LogP contribution < -0.4 is 4.74 Å². The zero-order chi connectivity index (χ0) is 18.2. The normalized spacial score (nSPS) is 12.2. The van der Waals surface area contributed by atoms with Gasteiger partial charge in [0.25, 0.3) is 0 Å². The summed E-state index contributed by atoms with van der Waals surface area (Å²) in [6.07, 6.45) is 0.359. The zero-order valence-corrected chi connectivity index (χ0v) is 16.0. The average Bonchev–Trinajstić information content (AvgIpc) is 3.08. The van der Waals surface area contributed by atoms with E-state index in [0.29, 0.717) is 18.2 Å². The smallest absolute Gasteiger partial charge is 0.335 e. The van der Waals surface area contributed by atoms with E-state index in [-0.39, 0.29) is 12.6 Å². The number of methoxy groups -OCH3 is 1. The number of para-hydroxylation sites is 1. The number of benzene rings is 1. The van der Waals surface area contributed by atoms with Gasteiger partial charge in [-0.2, -0.15) is 0 Å². The van der Waals surface area contributed by atoms with Gasteiger partial charge in [0, 0.05) is 12.0 Å². The van der Waals surface area contributed by atoms with Gasteiger partial charge >= 0.3 is 5.97 Å². The van der Waals surface area contributed by atoms with Gasteiger partial charge in [-0.05, 0) is 31.4 Å². The largest absolute Gasteiger partial charge is 0.496 e. The fourth-order valence-corrected chi connectivity index (χ4v) is 2.96. The van der Waals surface area contributed by atoms with Crippen molar-refractivity contribution in [2.45, 2.75) is 39.9 Å². The van der Waals surface area contributed by atoms with Crippen LogP contribution in [0, 0.1) is 5.92 Å². The highest BCUT2D eigenvalue weighted by atomic mass is 32.1. The van der Waals surface area contributed by atoms with E-state index < -0.39 is 6.10 Å². The number of nitrogens with zero attached hydrogens (tertiary/aromatic N) is 1. The molecular weight excluding hydrogens is 338 g/mol. The molecule has 0 radical (unpaired) electrons. The monoisotopic (exact) mass is 363 g/mol. The van der Waals surface area contributed by atoms with Crippen LogP contribution in [0.2, 0.25) is 0 Å². The van der Waals surface area contributed by atoms with E-state index >= 15 is 0 Å². The van der Waals surface area contributed by atoms with E-state index in [1.165, 1.54) is 11.3 Å². The Morgan fingerprint density at radius 2 is 2.00 bits per heavy atom. The molecule has 0 saturated carbocycles. The number of hydrogen-bond acceptors (Lipinski definition) is 6. The fraction of sp³-hybridized carbons (Fsp3) is 0.474. The molecule has 0 fully saturated rings. The molecule has 0 saturated heterocycles. The first-order chi connectivity index (χ1) is 12.0. The van der Waals surface area contributed by atoms with Crippen molar-refractivity contribution in [1.29, 1.82) is 0 Å². The summed E-state index contributed by atoms with van der Waals surface area (Å²) in [5, 5.41) is 2.73. The van der Waals surface area contributed by atoms with E-state index in [4.69, 9.17) is 14.2 Å². The molecule has 25 heavy (non-hydrogen) atoms. The molecule has 1 aromatic carbocycles. The van der Waals surface area contributed by atoms with Crippen molar-refractivity contribution < 1.29 is 19.0 Å². The summed E-state index contributed by atoms with van der Waals surface area (Å²) >= 11 is 1.50. The number of rotatable bonds is 9. The van der Waals surface area contributed by atoms with Gasteiger partial charge < -0.3 is 14.2 Å². The molecule has 0 aliphatic heterocycles. The molecule has 0 aliphatic carbocycles. The van der Waals surface area contributed by atoms with Crippen LogP contribution in [0.5, 0.6) is 5.75 Å². The third kappa shape index (κ3) is 5.83. The average molecular weight is 363 g/mol. The molecule has 6 heteroatoms. The van der Waals surface area contributed by atoms with Gasteiger partial charge in [-0.25, -0.2) is 9.78 Å². The highest BCUT2D eigenvalue weighted by molar-refractivity contribution is 7.13. The molecule has 1 heterocycles. The van der Waals surface area contributed by atoms with Crippen molar-refractivity contribution in [3.05, 3.63) is 35.3 Å². The van der Waals surface area contributed by atoms with E-state index in [2.05, 4.69) is 18.8 Å². The van der Waals surface area contributed by atoms with Crippen molar-refractivity contribution in [1.82, 2.24) is 4.98 Å². The van der Waals surface area contributed by atoms with Crippen LogP contribution in [0.25, 0.3) is 10.6 Å². The first-order valence-electron chi connectivity index (χ1n) is 8.37.